The summed E-state index contributed by atoms with van der Waals surface area (Å²) in [6.45, 7) is 0.407. The summed E-state index contributed by atoms with van der Waals surface area (Å²) in [5.41, 5.74) is 1.78. The van der Waals surface area contributed by atoms with Crippen molar-refractivity contribution < 1.29 is 99.9 Å². The second-order valence-corrected chi connectivity index (χ2v) is 7.09. The number of carbonyl (C=O) groups excluding carboxylic acids is 1. The quantitative estimate of drug-likeness (QED) is 0.0585. The average Bonchev–Trinajstić information content (AvgIpc) is 2.68. The van der Waals surface area contributed by atoms with Crippen molar-refractivity contribution in [1.82, 2.24) is 5.32 Å². The van der Waals surface area contributed by atoms with Gasteiger partial charge in [-0.2, -0.15) is 0 Å². The summed E-state index contributed by atoms with van der Waals surface area (Å²) in [4.78, 5) is 11.9. The minimum absolute atomic E-state index is 0. The van der Waals surface area contributed by atoms with Gasteiger partial charge in [-0.15, -0.1) is 4.33 Å². The van der Waals surface area contributed by atoms with E-state index in [0.29, 0.717) is 43.9 Å². The maximum absolute atomic E-state index is 11.9. The first kappa shape index (κ1) is 30.6. The fourth-order valence-electron chi connectivity index (χ4n) is 2.30. The molecule has 0 atom stereocenters. The van der Waals surface area contributed by atoms with Crippen molar-refractivity contribution in [3.8, 4) is 11.5 Å². The van der Waals surface area contributed by atoms with E-state index >= 15 is 0 Å². The van der Waals surface area contributed by atoms with Crippen LogP contribution in [-0.4, -0.2) is 25.4 Å². The Bertz CT molecular complexity index is 881. The number of benzene rings is 2. The third kappa shape index (κ3) is 13.7. The van der Waals surface area contributed by atoms with E-state index in [1.54, 1.807) is 36.4 Å². The monoisotopic (exact) mass is 489 g/mol. The van der Waals surface area contributed by atoms with E-state index in [2.05, 4.69) is 18.9 Å². The Labute approximate surface area is 228 Å². The zero-order valence-corrected chi connectivity index (χ0v) is 22.6. The van der Waals surface area contributed by atoms with Gasteiger partial charge in [-0.3, -0.25) is 9.83 Å². The van der Waals surface area contributed by atoms with Gasteiger partial charge in [0.2, 0.25) is 5.91 Å². The van der Waals surface area contributed by atoms with Crippen molar-refractivity contribution in [2.24, 2.45) is 0 Å². The second kappa shape index (κ2) is 16.3. The van der Waals surface area contributed by atoms with Gasteiger partial charge in [-0.05, 0) is 48.2 Å². The molecule has 158 valence electrons. The molecule has 2 aromatic carbocycles. The van der Waals surface area contributed by atoms with Crippen LogP contribution in [0.2, 0.25) is 0 Å². The molecule has 0 spiro atoms. The van der Waals surface area contributed by atoms with Crippen LogP contribution in [0.1, 0.15) is 17.5 Å². The first-order valence-electron chi connectivity index (χ1n) is 8.25. The first-order valence-corrected chi connectivity index (χ1v) is 10.3. The number of nitrogens with one attached hydrogen (secondary N) is 1. The van der Waals surface area contributed by atoms with E-state index in [0.717, 1.165) is 11.1 Å². The average molecular weight is 489 g/mol. The maximum Gasteiger partial charge on any atom is 1.00 e. The Balaban J connectivity index is 0.00000450. The van der Waals surface area contributed by atoms with Crippen molar-refractivity contribution in [3.05, 3.63) is 59.7 Å². The Kier molecular flexibility index (Phi) is 16.1. The summed E-state index contributed by atoms with van der Waals surface area (Å²) in [5.74, 6) is 0.290. The Morgan fingerprint density at radius 2 is 1.48 bits per heavy atom. The molecule has 1 amide bonds. The van der Waals surface area contributed by atoms with Gasteiger partial charge in [0.25, 0.3) is 22.7 Å². The molecule has 10 nitrogen and oxygen atoms in total. The molecule has 0 radical (unpaired) electrons. The van der Waals surface area contributed by atoms with Crippen LogP contribution in [0.15, 0.2) is 48.5 Å². The minimum atomic E-state index is -4.79. The van der Waals surface area contributed by atoms with Gasteiger partial charge in [-0.1, -0.05) is 24.3 Å². The molecular formula is C17H17NNa2O9S2. The Morgan fingerprint density at radius 3 is 2.03 bits per heavy atom. The zero-order valence-electron chi connectivity index (χ0n) is 16.9. The van der Waals surface area contributed by atoms with Crippen LogP contribution in [0, 0.1) is 0 Å². The van der Waals surface area contributed by atoms with E-state index in [4.69, 9.17) is 4.18 Å². The van der Waals surface area contributed by atoms with Gasteiger partial charge in [0, 0.05) is 13.0 Å². The van der Waals surface area contributed by atoms with Crippen molar-refractivity contribution in [2.75, 3.05) is 6.54 Å². The minimum Gasteiger partial charge on any atom is -0.716 e. The summed E-state index contributed by atoms with van der Waals surface area (Å²) < 4.78 is 44.7. The molecule has 2 rings (SSSR count). The smallest absolute Gasteiger partial charge is 0.716 e. The standard InChI is InChI=1S/C17H19NO9S2.2Na/c19-17(10-5-13-1-6-15(7-2-13)24-28-27-26-20)18-12-11-14-3-8-16(9-4-14)25-29(21,22)23;;/h1-4,6-9,20H,5,10-12H2,(H,18,19)(H,21,22,23);;/q;2*+1/p-2. The normalized spacial score (nSPS) is 10.4. The van der Waals surface area contributed by atoms with Gasteiger partial charge in [0.15, 0.2) is 0 Å². The van der Waals surface area contributed by atoms with Crippen LogP contribution in [-0.2, 0) is 37.4 Å². The summed E-state index contributed by atoms with van der Waals surface area (Å²) in [7, 11) is -4.79. The molecule has 0 saturated heterocycles. The maximum atomic E-state index is 11.9. The number of hydrogen-bond acceptors (Lipinski definition) is 10. The van der Waals surface area contributed by atoms with Gasteiger partial charge in [0.1, 0.15) is 11.5 Å². The second-order valence-electron chi connectivity index (χ2n) is 5.67. The predicted molar refractivity (Wildman–Crippen MR) is 98.6 cm³/mol. The molecule has 0 saturated carbocycles. The van der Waals surface area contributed by atoms with Crippen LogP contribution >= 0.6 is 12.3 Å². The van der Waals surface area contributed by atoms with Crippen LogP contribution in [0.4, 0.5) is 0 Å². The molecule has 0 heterocycles. The molecule has 2 aromatic rings. The molecule has 0 aromatic heterocycles. The van der Waals surface area contributed by atoms with Gasteiger partial charge in [0.05, 0.1) is 0 Å². The third-order valence-electron chi connectivity index (χ3n) is 3.61. The van der Waals surface area contributed by atoms with Crippen LogP contribution < -0.4 is 78.1 Å². The van der Waals surface area contributed by atoms with Gasteiger partial charge >= 0.3 is 59.1 Å². The van der Waals surface area contributed by atoms with Crippen LogP contribution in [0.5, 0.6) is 11.5 Å². The summed E-state index contributed by atoms with van der Waals surface area (Å²) in [6.07, 6.45) is 1.38. The number of hydrogen-bond donors (Lipinski definition) is 1. The molecule has 0 aliphatic rings. The van der Waals surface area contributed by atoms with Crippen LogP contribution in [0.3, 0.4) is 0 Å². The van der Waals surface area contributed by atoms with Gasteiger partial charge in [-0.25, -0.2) is 8.42 Å². The van der Waals surface area contributed by atoms with Gasteiger partial charge < -0.3 is 23.5 Å². The summed E-state index contributed by atoms with van der Waals surface area (Å²) in [6, 6.07) is 12.9. The molecule has 0 aliphatic carbocycles. The molecule has 14 heteroatoms. The Morgan fingerprint density at radius 1 is 0.935 bits per heavy atom. The SMILES string of the molecule is O=C(CCc1ccc(OSOO[O-])cc1)NCCc1ccc(OS(=O)(=O)[O-])cc1.[Na+].[Na+]. The number of amides is 1. The molecule has 0 fully saturated rings. The largest absolute Gasteiger partial charge is 1.00 e. The fraction of sp³-hybridized carbons (Fsp3) is 0.235. The molecular weight excluding hydrogens is 472 g/mol. The third-order valence-corrected chi connectivity index (χ3v) is 4.38. The molecule has 0 bridgehead atoms. The molecule has 31 heavy (non-hydrogen) atoms. The predicted octanol–water partition coefficient (Wildman–Crippen LogP) is -5.01. The van der Waals surface area contributed by atoms with Crippen molar-refractivity contribution in [2.45, 2.75) is 19.3 Å². The number of rotatable bonds is 12. The molecule has 0 unspecified atom stereocenters. The zero-order chi connectivity index (χ0) is 21.1. The number of aryl methyl sites for hydroxylation is 1. The van der Waals surface area contributed by atoms with E-state index in [9.17, 15) is 23.0 Å². The van der Waals surface area contributed by atoms with Crippen molar-refractivity contribution in [3.63, 3.8) is 0 Å². The summed E-state index contributed by atoms with van der Waals surface area (Å²) in [5, 5.41) is 15.6. The Hall–Kier alpha value is -0.350. The van der Waals surface area contributed by atoms with E-state index in [1.165, 1.54) is 12.1 Å². The first-order chi connectivity index (χ1) is 13.9. The van der Waals surface area contributed by atoms with Crippen LogP contribution in [0.25, 0.3) is 0 Å². The molecule has 0 aliphatic heterocycles. The van der Waals surface area contributed by atoms with E-state index in [-0.39, 0.29) is 70.8 Å². The summed E-state index contributed by atoms with van der Waals surface area (Å²) >= 11 is 0.394. The topological polar surface area (TPSA) is 146 Å². The fourth-order valence-corrected chi connectivity index (χ4v) is 2.89. The van der Waals surface area contributed by atoms with E-state index in [1.807, 2.05) is 0 Å². The van der Waals surface area contributed by atoms with Crippen molar-refractivity contribution in [1.29, 1.82) is 0 Å². The number of carbonyl (C=O) groups is 1. The molecule has 1 N–H and O–H groups in total. The van der Waals surface area contributed by atoms with E-state index < -0.39 is 10.4 Å². The van der Waals surface area contributed by atoms with Crippen molar-refractivity contribution >= 4 is 28.6 Å².